The Balaban J connectivity index is 1.58. The standard InChI is InChI=1S/C13H18N4O/c1-10(2)13-12(14-9-18-13)8-16-6-11(7-16)17-5-3-4-15-17/h3-5,9-11H,6-8H2,1-2H3. The van der Waals surface area contributed by atoms with Gasteiger partial charge in [0.1, 0.15) is 5.76 Å². The minimum absolute atomic E-state index is 0.394. The first kappa shape index (κ1) is 11.5. The van der Waals surface area contributed by atoms with E-state index in [-0.39, 0.29) is 0 Å². The third-order valence-corrected chi connectivity index (χ3v) is 3.41. The van der Waals surface area contributed by atoms with Gasteiger partial charge in [-0.05, 0) is 6.07 Å². The highest BCUT2D eigenvalue weighted by Gasteiger charge is 2.29. The third kappa shape index (κ3) is 2.06. The number of aromatic nitrogens is 3. The molecule has 1 fully saturated rings. The van der Waals surface area contributed by atoms with E-state index in [1.54, 1.807) is 6.39 Å². The smallest absolute Gasteiger partial charge is 0.181 e. The first-order valence-electron chi connectivity index (χ1n) is 6.38. The normalized spacial score (nSPS) is 17.3. The number of oxazole rings is 1. The molecule has 96 valence electrons. The molecule has 2 aromatic heterocycles. The van der Waals surface area contributed by atoms with E-state index in [0.29, 0.717) is 12.0 Å². The summed E-state index contributed by atoms with van der Waals surface area (Å²) in [5.74, 6) is 1.41. The lowest BCUT2D eigenvalue weighted by Gasteiger charge is -2.38. The van der Waals surface area contributed by atoms with Crippen molar-refractivity contribution in [3.8, 4) is 0 Å². The SMILES string of the molecule is CC(C)c1ocnc1CN1CC(n2cccn2)C1. The molecule has 3 heterocycles. The zero-order chi connectivity index (χ0) is 12.5. The molecule has 2 aromatic rings. The van der Waals surface area contributed by atoms with Crippen molar-refractivity contribution in [3.05, 3.63) is 36.3 Å². The third-order valence-electron chi connectivity index (χ3n) is 3.41. The van der Waals surface area contributed by atoms with E-state index in [2.05, 4.69) is 28.8 Å². The van der Waals surface area contributed by atoms with Crippen molar-refractivity contribution in [2.24, 2.45) is 0 Å². The molecule has 0 N–H and O–H groups in total. The summed E-state index contributed by atoms with van der Waals surface area (Å²) < 4.78 is 7.47. The van der Waals surface area contributed by atoms with E-state index >= 15 is 0 Å². The maximum absolute atomic E-state index is 5.44. The molecule has 1 saturated heterocycles. The van der Waals surface area contributed by atoms with Gasteiger partial charge in [0.15, 0.2) is 6.39 Å². The highest BCUT2D eigenvalue weighted by atomic mass is 16.3. The van der Waals surface area contributed by atoms with Gasteiger partial charge in [-0.25, -0.2) is 4.98 Å². The summed E-state index contributed by atoms with van der Waals surface area (Å²) in [6.07, 6.45) is 5.41. The molecule has 1 aliphatic rings. The lowest BCUT2D eigenvalue weighted by Crippen LogP contribution is -2.47. The van der Waals surface area contributed by atoms with Crippen LogP contribution in [0.2, 0.25) is 0 Å². The van der Waals surface area contributed by atoms with Gasteiger partial charge in [-0.15, -0.1) is 0 Å². The van der Waals surface area contributed by atoms with E-state index in [4.69, 9.17) is 4.42 Å². The second-order valence-corrected chi connectivity index (χ2v) is 5.15. The van der Waals surface area contributed by atoms with E-state index in [9.17, 15) is 0 Å². The van der Waals surface area contributed by atoms with Gasteiger partial charge in [-0.1, -0.05) is 13.8 Å². The Labute approximate surface area is 106 Å². The molecule has 0 saturated carbocycles. The Hall–Kier alpha value is -1.62. The van der Waals surface area contributed by atoms with Gasteiger partial charge in [0.05, 0.1) is 11.7 Å². The highest BCUT2D eigenvalue weighted by molar-refractivity contribution is 5.11. The minimum atomic E-state index is 0.394. The molecule has 0 atom stereocenters. The second-order valence-electron chi connectivity index (χ2n) is 5.15. The molecule has 0 unspecified atom stereocenters. The van der Waals surface area contributed by atoms with Crippen LogP contribution in [0.25, 0.3) is 0 Å². The Kier molecular flexibility index (Phi) is 2.91. The summed E-state index contributed by atoms with van der Waals surface area (Å²) >= 11 is 0. The monoisotopic (exact) mass is 246 g/mol. The largest absolute Gasteiger partial charge is 0.448 e. The number of nitrogens with zero attached hydrogens (tertiary/aromatic N) is 4. The van der Waals surface area contributed by atoms with Crippen LogP contribution in [-0.4, -0.2) is 32.8 Å². The van der Waals surface area contributed by atoms with Crippen LogP contribution in [0.1, 0.15) is 37.3 Å². The molecule has 3 rings (SSSR count). The van der Waals surface area contributed by atoms with Crippen molar-refractivity contribution < 1.29 is 4.42 Å². The van der Waals surface area contributed by atoms with Crippen LogP contribution in [0.3, 0.4) is 0 Å². The molecular weight excluding hydrogens is 228 g/mol. The van der Waals surface area contributed by atoms with Crippen LogP contribution < -0.4 is 0 Å². The van der Waals surface area contributed by atoms with Crippen LogP contribution in [0.4, 0.5) is 0 Å². The molecule has 18 heavy (non-hydrogen) atoms. The molecule has 0 aromatic carbocycles. The Bertz CT molecular complexity index is 497. The Morgan fingerprint density at radius 2 is 2.28 bits per heavy atom. The fourth-order valence-corrected chi connectivity index (χ4v) is 2.41. The van der Waals surface area contributed by atoms with Gasteiger partial charge >= 0.3 is 0 Å². The average molecular weight is 246 g/mol. The Morgan fingerprint density at radius 3 is 2.94 bits per heavy atom. The zero-order valence-electron chi connectivity index (χ0n) is 10.8. The van der Waals surface area contributed by atoms with Crippen LogP contribution in [-0.2, 0) is 6.54 Å². The maximum atomic E-state index is 5.44. The predicted molar refractivity (Wildman–Crippen MR) is 67.1 cm³/mol. The Morgan fingerprint density at radius 1 is 1.44 bits per heavy atom. The van der Waals surface area contributed by atoms with Crippen LogP contribution in [0, 0.1) is 0 Å². The molecule has 0 bridgehead atoms. The quantitative estimate of drug-likeness (QED) is 0.828. The molecule has 0 aliphatic carbocycles. The van der Waals surface area contributed by atoms with Crippen molar-refractivity contribution in [1.29, 1.82) is 0 Å². The van der Waals surface area contributed by atoms with Crippen LogP contribution in [0.5, 0.6) is 0 Å². The van der Waals surface area contributed by atoms with E-state index in [0.717, 1.165) is 31.1 Å². The van der Waals surface area contributed by atoms with Gasteiger partial charge in [0, 0.05) is 37.9 Å². The number of hydrogen-bond acceptors (Lipinski definition) is 4. The molecule has 0 spiro atoms. The van der Waals surface area contributed by atoms with Gasteiger partial charge in [0.2, 0.25) is 0 Å². The summed E-state index contributed by atoms with van der Waals surface area (Å²) in [7, 11) is 0. The lowest BCUT2D eigenvalue weighted by molar-refractivity contribution is 0.0890. The molecule has 1 aliphatic heterocycles. The minimum Gasteiger partial charge on any atom is -0.448 e. The highest BCUT2D eigenvalue weighted by Crippen LogP contribution is 2.25. The van der Waals surface area contributed by atoms with Crippen LogP contribution in [0.15, 0.2) is 29.3 Å². The molecular formula is C13H18N4O. The van der Waals surface area contributed by atoms with Gasteiger partial charge in [0.25, 0.3) is 0 Å². The summed E-state index contributed by atoms with van der Waals surface area (Å²) in [5.41, 5.74) is 1.07. The summed E-state index contributed by atoms with van der Waals surface area (Å²) in [4.78, 5) is 6.69. The fraction of sp³-hybridized carbons (Fsp3) is 0.538. The summed E-state index contributed by atoms with van der Waals surface area (Å²) in [6.45, 7) is 7.21. The van der Waals surface area contributed by atoms with E-state index < -0.39 is 0 Å². The van der Waals surface area contributed by atoms with Crippen molar-refractivity contribution in [1.82, 2.24) is 19.7 Å². The van der Waals surface area contributed by atoms with Gasteiger partial charge < -0.3 is 4.42 Å². The molecule has 5 heteroatoms. The van der Waals surface area contributed by atoms with Crippen LogP contribution >= 0.6 is 0 Å². The lowest BCUT2D eigenvalue weighted by atomic mass is 10.1. The van der Waals surface area contributed by atoms with Crippen molar-refractivity contribution >= 4 is 0 Å². The number of likely N-dealkylation sites (tertiary alicyclic amines) is 1. The molecule has 0 radical (unpaired) electrons. The van der Waals surface area contributed by atoms with Gasteiger partial charge in [-0.3, -0.25) is 9.58 Å². The van der Waals surface area contributed by atoms with Crippen molar-refractivity contribution in [2.75, 3.05) is 13.1 Å². The van der Waals surface area contributed by atoms with Gasteiger partial charge in [-0.2, -0.15) is 5.10 Å². The average Bonchev–Trinajstić information content (AvgIpc) is 2.93. The number of rotatable bonds is 4. The number of hydrogen-bond donors (Lipinski definition) is 0. The topological polar surface area (TPSA) is 47.1 Å². The molecule has 5 nitrogen and oxygen atoms in total. The van der Waals surface area contributed by atoms with E-state index in [1.807, 2.05) is 23.1 Å². The second kappa shape index (κ2) is 4.57. The maximum Gasteiger partial charge on any atom is 0.181 e. The zero-order valence-corrected chi connectivity index (χ0v) is 10.8. The summed E-state index contributed by atoms with van der Waals surface area (Å²) in [5, 5.41) is 4.27. The van der Waals surface area contributed by atoms with E-state index in [1.165, 1.54) is 0 Å². The van der Waals surface area contributed by atoms with Crippen molar-refractivity contribution in [2.45, 2.75) is 32.4 Å². The first-order chi connectivity index (χ1) is 8.74. The first-order valence-corrected chi connectivity index (χ1v) is 6.38. The van der Waals surface area contributed by atoms with Crippen molar-refractivity contribution in [3.63, 3.8) is 0 Å². The summed E-state index contributed by atoms with van der Waals surface area (Å²) in [6, 6.07) is 2.48. The fourth-order valence-electron chi connectivity index (χ4n) is 2.41. The predicted octanol–water partition coefficient (Wildman–Crippen LogP) is 2.05. The molecule has 0 amide bonds.